The van der Waals surface area contributed by atoms with Gasteiger partial charge in [-0.2, -0.15) is 0 Å². The van der Waals surface area contributed by atoms with Crippen LogP contribution >= 0.6 is 0 Å². The molecule has 0 aliphatic rings. The van der Waals surface area contributed by atoms with E-state index in [4.69, 9.17) is 9.47 Å². The van der Waals surface area contributed by atoms with Crippen molar-refractivity contribution in [2.24, 2.45) is 0 Å². The summed E-state index contributed by atoms with van der Waals surface area (Å²) >= 11 is 0. The maximum absolute atomic E-state index is 11.6. The third kappa shape index (κ3) is 4.08. The molecular formula is C13H16O5. The van der Waals surface area contributed by atoms with Gasteiger partial charge in [0.1, 0.15) is 5.75 Å². The molecule has 18 heavy (non-hydrogen) atoms. The lowest BCUT2D eigenvalue weighted by atomic mass is 10.1. The second-order valence-corrected chi connectivity index (χ2v) is 3.68. The molecule has 1 aromatic carbocycles. The second kappa shape index (κ2) is 6.64. The van der Waals surface area contributed by atoms with Crippen LogP contribution in [0.5, 0.6) is 5.75 Å². The zero-order valence-corrected chi connectivity index (χ0v) is 10.4. The van der Waals surface area contributed by atoms with Crippen molar-refractivity contribution >= 4 is 11.9 Å². The predicted molar refractivity (Wildman–Crippen MR) is 64.0 cm³/mol. The third-order valence-electron chi connectivity index (χ3n) is 2.25. The van der Waals surface area contributed by atoms with E-state index in [-0.39, 0.29) is 18.8 Å². The molecule has 0 unspecified atom stereocenters. The van der Waals surface area contributed by atoms with Crippen LogP contribution in [0.3, 0.4) is 0 Å². The molecule has 1 rings (SSSR count). The van der Waals surface area contributed by atoms with E-state index in [0.29, 0.717) is 5.56 Å². The summed E-state index contributed by atoms with van der Waals surface area (Å²) in [6.45, 7) is 3.09. The zero-order valence-electron chi connectivity index (χ0n) is 10.4. The number of ether oxygens (including phenoxy) is 2. The van der Waals surface area contributed by atoms with Crippen molar-refractivity contribution in [3.05, 3.63) is 29.8 Å². The molecule has 0 bridgehead atoms. The fraction of sp³-hybridized carbons (Fsp3) is 0.385. The van der Waals surface area contributed by atoms with E-state index in [1.807, 2.05) is 0 Å². The standard InChI is InChI=1S/C13H16O5/c1-3-17-13(16)12(18-9(2)14)8-10-6-4-5-7-11(10)15/h4-7,12,15H,3,8H2,1-2H3/t12-/m1/s1. The van der Waals surface area contributed by atoms with Gasteiger partial charge in [-0.25, -0.2) is 4.79 Å². The lowest BCUT2D eigenvalue weighted by Crippen LogP contribution is -2.30. The molecule has 0 saturated carbocycles. The van der Waals surface area contributed by atoms with Gasteiger partial charge in [0, 0.05) is 13.3 Å². The summed E-state index contributed by atoms with van der Waals surface area (Å²) < 4.78 is 9.72. The number of hydrogen-bond acceptors (Lipinski definition) is 5. The summed E-state index contributed by atoms with van der Waals surface area (Å²) in [5.74, 6) is -1.13. The van der Waals surface area contributed by atoms with Crippen LogP contribution in [0.4, 0.5) is 0 Å². The van der Waals surface area contributed by atoms with Gasteiger partial charge in [0.15, 0.2) is 0 Å². The molecule has 0 fully saturated rings. The largest absolute Gasteiger partial charge is 0.508 e. The molecule has 5 heteroatoms. The number of carbonyl (C=O) groups excluding carboxylic acids is 2. The number of aromatic hydroxyl groups is 1. The SMILES string of the molecule is CCOC(=O)[C@@H](Cc1ccccc1O)OC(C)=O. The van der Waals surface area contributed by atoms with Crippen molar-refractivity contribution in [2.75, 3.05) is 6.61 Å². The predicted octanol–water partition coefficient (Wildman–Crippen LogP) is 1.43. The van der Waals surface area contributed by atoms with Gasteiger partial charge < -0.3 is 14.6 Å². The highest BCUT2D eigenvalue weighted by atomic mass is 16.6. The number of hydrogen-bond donors (Lipinski definition) is 1. The molecule has 1 atom stereocenters. The average molecular weight is 252 g/mol. The minimum atomic E-state index is -1.03. The molecule has 1 aromatic rings. The number of phenols is 1. The zero-order chi connectivity index (χ0) is 13.5. The Bertz CT molecular complexity index is 427. The van der Waals surface area contributed by atoms with Crippen LogP contribution in [0, 0.1) is 0 Å². The molecule has 0 saturated heterocycles. The van der Waals surface area contributed by atoms with E-state index in [2.05, 4.69) is 0 Å². The summed E-state index contributed by atoms with van der Waals surface area (Å²) in [5, 5.41) is 9.61. The van der Waals surface area contributed by atoms with Crippen molar-refractivity contribution in [2.45, 2.75) is 26.4 Å². The van der Waals surface area contributed by atoms with Crippen LogP contribution in [0.25, 0.3) is 0 Å². The quantitative estimate of drug-likeness (QED) is 0.802. The van der Waals surface area contributed by atoms with E-state index in [9.17, 15) is 14.7 Å². The summed E-state index contributed by atoms with van der Waals surface area (Å²) in [6, 6.07) is 6.56. The van der Waals surface area contributed by atoms with Gasteiger partial charge in [-0.1, -0.05) is 18.2 Å². The minimum absolute atomic E-state index is 0.0546. The monoisotopic (exact) mass is 252 g/mol. The first-order valence-corrected chi connectivity index (χ1v) is 5.65. The molecule has 5 nitrogen and oxygen atoms in total. The summed E-state index contributed by atoms with van der Waals surface area (Å²) in [4.78, 5) is 22.6. The Balaban J connectivity index is 2.81. The lowest BCUT2D eigenvalue weighted by Gasteiger charge is -2.16. The fourth-order valence-corrected chi connectivity index (χ4v) is 1.49. The summed E-state index contributed by atoms with van der Waals surface area (Å²) in [7, 11) is 0. The van der Waals surface area contributed by atoms with Crippen molar-refractivity contribution < 1.29 is 24.2 Å². The summed E-state index contributed by atoms with van der Waals surface area (Å²) in [5.41, 5.74) is 0.525. The Morgan fingerprint density at radius 1 is 1.33 bits per heavy atom. The van der Waals surface area contributed by atoms with Gasteiger partial charge >= 0.3 is 11.9 Å². The molecule has 98 valence electrons. The highest BCUT2D eigenvalue weighted by Gasteiger charge is 2.24. The van der Waals surface area contributed by atoms with Gasteiger partial charge in [-0.05, 0) is 18.6 Å². The number of benzene rings is 1. The maximum Gasteiger partial charge on any atom is 0.347 e. The van der Waals surface area contributed by atoms with E-state index in [1.54, 1.807) is 25.1 Å². The molecular weight excluding hydrogens is 236 g/mol. The van der Waals surface area contributed by atoms with Gasteiger partial charge in [-0.15, -0.1) is 0 Å². The van der Waals surface area contributed by atoms with E-state index in [0.717, 1.165) is 0 Å². The van der Waals surface area contributed by atoms with Crippen molar-refractivity contribution in [1.29, 1.82) is 0 Å². The summed E-state index contributed by atoms with van der Waals surface area (Å²) in [6.07, 6.45) is -0.943. The number of rotatable bonds is 5. The van der Waals surface area contributed by atoms with Crippen LogP contribution in [-0.2, 0) is 25.5 Å². The topological polar surface area (TPSA) is 72.8 Å². The van der Waals surface area contributed by atoms with Crippen LogP contribution in [0.2, 0.25) is 0 Å². The number of phenolic OH excluding ortho intramolecular Hbond substituents is 1. The van der Waals surface area contributed by atoms with Gasteiger partial charge in [0.25, 0.3) is 0 Å². The molecule has 0 amide bonds. The molecule has 0 aliphatic carbocycles. The van der Waals surface area contributed by atoms with Gasteiger partial charge in [0.05, 0.1) is 6.61 Å². The fourth-order valence-electron chi connectivity index (χ4n) is 1.49. The molecule has 0 aliphatic heterocycles. The smallest absolute Gasteiger partial charge is 0.347 e. The Morgan fingerprint density at radius 3 is 2.56 bits per heavy atom. The highest BCUT2D eigenvalue weighted by Crippen LogP contribution is 2.19. The van der Waals surface area contributed by atoms with Gasteiger partial charge in [0.2, 0.25) is 6.10 Å². The first-order valence-electron chi connectivity index (χ1n) is 5.65. The van der Waals surface area contributed by atoms with Gasteiger partial charge in [-0.3, -0.25) is 4.79 Å². The first-order chi connectivity index (χ1) is 8.54. The maximum atomic E-state index is 11.6. The van der Waals surface area contributed by atoms with Crippen LogP contribution < -0.4 is 0 Å². The normalized spacial score (nSPS) is 11.7. The van der Waals surface area contributed by atoms with Crippen molar-refractivity contribution in [1.82, 2.24) is 0 Å². The number of para-hydroxylation sites is 1. The van der Waals surface area contributed by atoms with Crippen LogP contribution in [0.1, 0.15) is 19.4 Å². The Hall–Kier alpha value is -2.04. The van der Waals surface area contributed by atoms with Crippen LogP contribution in [0.15, 0.2) is 24.3 Å². The number of carbonyl (C=O) groups is 2. The average Bonchev–Trinajstić information content (AvgIpc) is 2.31. The van der Waals surface area contributed by atoms with E-state index in [1.165, 1.54) is 13.0 Å². The Kier molecular flexibility index (Phi) is 5.17. The lowest BCUT2D eigenvalue weighted by molar-refractivity contribution is -0.166. The Morgan fingerprint density at radius 2 is 2.00 bits per heavy atom. The van der Waals surface area contributed by atoms with E-state index >= 15 is 0 Å². The molecule has 0 radical (unpaired) electrons. The molecule has 1 N–H and O–H groups in total. The van der Waals surface area contributed by atoms with Crippen molar-refractivity contribution in [3.8, 4) is 5.75 Å². The highest BCUT2D eigenvalue weighted by molar-refractivity contribution is 5.79. The Labute approximate surface area is 105 Å². The number of esters is 2. The van der Waals surface area contributed by atoms with Crippen molar-refractivity contribution in [3.63, 3.8) is 0 Å². The minimum Gasteiger partial charge on any atom is -0.508 e. The van der Waals surface area contributed by atoms with Crippen LogP contribution in [-0.4, -0.2) is 29.8 Å². The van der Waals surface area contributed by atoms with E-state index < -0.39 is 18.0 Å². The third-order valence-corrected chi connectivity index (χ3v) is 2.25. The molecule has 0 heterocycles. The molecule has 0 spiro atoms. The molecule has 0 aromatic heterocycles. The second-order valence-electron chi connectivity index (χ2n) is 3.68. The first kappa shape index (κ1) is 14.0.